The van der Waals surface area contributed by atoms with Crippen molar-refractivity contribution in [3.8, 4) is 5.75 Å². The number of hydrogen-bond acceptors (Lipinski definition) is 4. The predicted octanol–water partition coefficient (Wildman–Crippen LogP) is 6.31. The van der Waals surface area contributed by atoms with Crippen LogP contribution in [-0.2, 0) is 12.6 Å². The van der Waals surface area contributed by atoms with Crippen LogP contribution >= 0.6 is 34.8 Å². The highest BCUT2D eigenvalue weighted by Gasteiger charge is 2.38. The first-order valence-electron chi connectivity index (χ1n) is 10.1. The number of pyridine rings is 1. The molecule has 5 nitrogen and oxygen atoms in total. The van der Waals surface area contributed by atoms with Crippen LogP contribution in [0.25, 0.3) is 10.9 Å². The van der Waals surface area contributed by atoms with Gasteiger partial charge in [-0.3, -0.25) is 0 Å². The maximum Gasteiger partial charge on any atom is 0.176 e. The van der Waals surface area contributed by atoms with Crippen LogP contribution in [0.15, 0.2) is 48.8 Å². The molecule has 2 aromatic carbocycles. The van der Waals surface area contributed by atoms with E-state index < -0.39 is 5.60 Å². The van der Waals surface area contributed by atoms with Crippen LogP contribution in [0.5, 0.6) is 5.75 Å². The van der Waals surface area contributed by atoms with Gasteiger partial charge < -0.3 is 14.4 Å². The summed E-state index contributed by atoms with van der Waals surface area (Å²) in [5.41, 5.74) is 1.66. The number of fused-ring (bicyclic) bond motifs is 1. The number of imidazole rings is 1. The lowest BCUT2D eigenvalue weighted by Gasteiger charge is -2.31. The van der Waals surface area contributed by atoms with E-state index in [2.05, 4.69) is 9.97 Å². The van der Waals surface area contributed by atoms with Crippen LogP contribution in [0.1, 0.15) is 36.4 Å². The van der Waals surface area contributed by atoms with E-state index in [9.17, 15) is 5.11 Å². The average molecular weight is 491 g/mol. The van der Waals surface area contributed by atoms with E-state index in [0.717, 1.165) is 0 Å². The first-order valence-corrected chi connectivity index (χ1v) is 11.2. The Balaban J connectivity index is 2.01. The van der Waals surface area contributed by atoms with Crippen molar-refractivity contribution in [3.05, 3.63) is 86.5 Å². The molecule has 4 rings (SSSR count). The van der Waals surface area contributed by atoms with Crippen LogP contribution in [0.2, 0.25) is 15.2 Å². The Labute approximate surface area is 201 Å². The van der Waals surface area contributed by atoms with Crippen molar-refractivity contribution in [1.82, 2.24) is 14.5 Å². The molecule has 2 aromatic heterocycles. The van der Waals surface area contributed by atoms with E-state index in [1.165, 1.54) is 0 Å². The maximum atomic E-state index is 12.3. The highest BCUT2D eigenvalue weighted by molar-refractivity contribution is 6.40. The molecule has 0 aliphatic rings. The van der Waals surface area contributed by atoms with E-state index in [0.29, 0.717) is 49.2 Å². The lowest BCUT2D eigenvalue weighted by molar-refractivity contribution is 0.117. The molecule has 1 atom stereocenters. The molecule has 0 saturated carbocycles. The second-order valence-corrected chi connectivity index (χ2v) is 9.12. The van der Waals surface area contributed by atoms with Gasteiger partial charge in [-0.05, 0) is 56.2 Å². The fourth-order valence-electron chi connectivity index (χ4n) is 3.94. The van der Waals surface area contributed by atoms with Gasteiger partial charge in [0.1, 0.15) is 0 Å². The fraction of sp³-hybridized carbons (Fsp3) is 0.250. The number of hydrogen-bond donors (Lipinski definition) is 1. The van der Waals surface area contributed by atoms with E-state index in [1.54, 1.807) is 36.7 Å². The summed E-state index contributed by atoms with van der Waals surface area (Å²) in [7, 11) is 1.85. The fourth-order valence-corrected chi connectivity index (χ4v) is 4.63. The van der Waals surface area contributed by atoms with Gasteiger partial charge in [0.2, 0.25) is 0 Å². The van der Waals surface area contributed by atoms with Crippen LogP contribution in [0.4, 0.5) is 0 Å². The monoisotopic (exact) mass is 489 g/mol. The van der Waals surface area contributed by atoms with Gasteiger partial charge in [0, 0.05) is 17.5 Å². The summed E-state index contributed by atoms with van der Waals surface area (Å²) in [5.74, 6) is 0.319. The third kappa shape index (κ3) is 3.84. The van der Waals surface area contributed by atoms with Crippen LogP contribution in [0, 0.1) is 6.92 Å². The van der Waals surface area contributed by atoms with Gasteiger partial charge in [0.05, 0.1) is 34.4 Å². The zero-order valence-corrected chi connectivity index (χ0v) is 20.3. The molecule has 166 valence electrons. The van der Waals surface area contributed by atoms with Gasteiger partial charge in [-0.25, -0.2) is 9.97 Å². The number of aryl methyl sites for hydroxylation is 2. The van der Waals surface area contributed by atoms with Crippen molar-refractivity contribution in [3.63, 3.8) is 0 Å². The highest BCUT2D eigenvalue weighted by Crippen LogP contribution is 2.43. The summed E-state index contributed by atoms with van der Waals surface area (Å²) >= 11 is 19.1. The zero-order chi connectivity index (χ0) is 23.2. The van der Waals surface area contributed by atoms with Crippen molar-refractivity contribution in [2.45, 2.75) is 32.5 Å². The van der Waals surface area contributed by atoms with Crippen molar-refractivity contribution in [1.29, 1.82) is 0 Å². The minimum Gasteiger partial charge on any atom is -0.486 e. The molecule has 8 heteroatoms. The lowest BCUT2D eigenvalue weighted by Crippen LogP contribution is -2.32. The van der Waals surface area contributed by atoms with Crippen LogP contribution in [-0.4, -0.2) is 25.7 Å². The molecule has 0 amide bonds. The normalized spacial score (nSPS) is 13.5. The summed E-state index contributed by atoms with van der Waals surface area (Å²) in [6.45, 7) is 5.63. The molecule has 2 heterocycles. The second kappa shape index (κ2) is 8.56. The van der Waals surface area contributed by atoms with Crippen molar-refractivity contribution >= 4 is 45.7 Å². The lowest BCUT2D eigenvalue weighted by atomic mass is 9.82. The first-order chi connectivity index (χ1) is 15.1. The number of benzene rings is 2. The molecule has 32 heavy (non-hydrogen) atoms. The topological polar surface area (TPSA) is 60.2 Å². The van der Waals surface area contributed by atoms with Gasteiger partial charge >= 0.3 is 0 Å². The highest BCUT2D eigenvalue weighted by atomic mass is 35.5. The smallest absolute Gasteiger partial charge is 0.176 e. The van der Waals surface area contributed by atoms with E-state index in [1.807, 2.05) is 44.5 Å². The molecule has 0 radical (unpaired) electrons. The Bertz CT molecular complexity index is 1280. The molecule has 1 N–H and O–H groups in total. The summed E-state index contributed by atoms with van der Waals surface area (Å²) < 4.78 is 7.61. The number of aliphatic hydroxyl groups is 1. The van der Waals surface area contributed by atoms with Gasteiger partial charge in [0.25, 0.3) is 0 Å². The van der Waals surface area contributed by atoms with Crippen LogP contribution in [0.3, 0.4) is 0 Å². The minimum atomic E-state index is -1.52. The Morgan fingerprint density at radius 2 is 1.69 bits per heavy atom. The average Bonchev–Trinajstić information content (AvgIpc) is 3.09. The minimum absolute atomic E-state index is 0.129. The largest absolute Gasteiger partial charge is 0.486 e. The van der Waals surface area contributed by atoms with Gasteiger partial charge in [0.15, 0.2) is 16.5 Å². The molecular weight excluding hydrogens is 469 g/mol. The quantitative estimate of drug-likeness (QED) is 0.333. The number of rotatable bonds is 5. The van der Waals surface area contributed by atoms with Gasteiger partial charge in [-0.15, -0.1) is 0 Å². The molecule has 0 bridgehead atoms. The molecule has 0 saturated heterocycles. The van der Waals surface area contributed by atoms with E-state index in [-0.39, 0.29) is 11.3 Å². The summed E-state index contributed by atoms with van der Waals surface area (Å²) in [4.78, 5) is 8.82. The number of ether oxygens (including phenoxy) is 1. The van der Waals surface area contributed by atoms with Gasteiger partial charge in [-0.2, -0.15) is 0 Å². The van der Waals surface area contributed by atoms with Crippen molar-refractivity contribution in [2.24, 2.45) is 7.05 Å². The second-order valence-electron chi connectivity index (χ2n) is 7.95. The molecule has 0 fully saturated rings. The SMILES string of the molecule is Cc1ncn(C)c1C(O)(c1ccc(Cl)cc1)c1ccc2nc(Cl)c(OC(C)C)c(Cl)c2c1. The molecule has 1 unspecified atom stereocenters. The summed E-state index contributed by atoms with van der Waals surface area (Å²) in [5, 5.41) is 14.0. The zero-order valence-electron chi connectivity index (χ0n) is 18.0. The molecule has 0 aliphatic carbocycles. The number of halogens is 3. The third-order valence-electron chi connectivity index (χ3n) is 5.33. The molecule has 4 aromatic rings. The van der Waals surface area contributed by atoms with Crippen LogP contribution < -0.4 is 4.74 Å². The van der Waals surface area contributed by atoms with Crippen molar-refractivity contribution in [2.75, 3.05) is 0 Å². The number of nitrogens with zero attached hydrogens (tertiary/aromatic N) is 3. The molecular formula is C24H22Cl3N3O2. The first kappa shape index (κ1) is 22.9. The standard InChI is InChI=1S/C24H22Cl3N3O2/c1-13(2)32-21-20(26)18-11-16(7-10-19(18)29-23(21)27)24(31,15-5-8-17(25)9-6-15)22-14(3)28-12-30(22)4/h5-13,31H,1-4H3. The Morgan fingerprint density at radius 1 is 1.03 bits per heavy atom. The van der Waals surface area contributed by atoms with Crippen molar-refractivity contribution < 1.29 is 9.84 Å². The van der Waals surface area contributed by atoms with Gasteiger partial charge in [-0.1, -0.05) is 53.0 Å². The molecule has 0 spiro atoms. The Morgan fingerprint density at radius 3 is 2.28 bits per heavy atom. The van der Waals surface area contributed by atoms with E-state index >= 15 is 0 Å². The predicted molar refractivity (Wildman–Crippen MR) is 129 cm³/mol. The molecule has 0 aliphatic heterocycles. The summed E-state index contributed by atoms with van der Waals surface area (Å²) in [6.07, 6.45) is 1.55. The maximum absolute atomic E-state index is 12.3. The third-order valence-corrected chi connectivity index (χ3v) is 6.22. The number of aromatic nitrogens is 3. The summed E-state index contributed by atoms with van der Waals surface area (Å²) in [6, 6.07) is 12.5. The Kier molecular flexibility index (Phi) is 6.12. The Hall–Kier alpha value is -2.31. The van der Waals surface area contributed by atoms with E-state index in [4.69, 9.17) is 39.5 Å².